The van der Waals surface area contributed by atoms with Gasteiger partial charge in [0.15, 0.2) is 0 Å². The van der Waals surface area contributed by atoms with Crippen LogP contribution >= 0.6 is 0 Å². The summed E-state index contributed by atoms with van der Waals surface area (Å²) >= 11 is 0. The van der Waals surface area contributed by atoms with Gasteiger partial charge in [0.2, 0.25) is 5.91 Å². The van der Waals surface area contributed by atoms with Gasteiger partial charge in [-0.05, 0) is 38.1 Å². The number of nitro groups is 1. The van der Waals surface area contributed by atoms with Gasteiger partial charge in [0.05, 0.1) is 4.92 Å². The van der Waals surface area contributed by atoms with E-state index in [1.54, 1.807) is 19.0 Å². The van der Waals surface area contributed by atoms with Crippen LogP contribution in [0.3, 0.4) is 0 Å². The number of nitrogens with one attached hydrogen (secondary N) is 2. The normalized spacial score (nSPS) is 15.0. The van der Waals surface area contributed by atoms with Gasteiger partial charge in [-0.25, -0.2) is 0 Å². The number of rotatable bonds is 4. The highest BCUT2D eigenvalue weighted by molar-refractivity contribution is 6.05. The zero-order valence-corrected chi connectivity index (χ0v) is 13.2. The largest absolute Gasteiger partial charge is 0.372 e. The van der Waals surface area contributed by atoms with Crippen LogP contribution in [-0.4, -0.2) is 43.9 Å². The summed E-state index contributed by atoms with van der Waals surface area (Å²) in [5, 5.41) is 16.6. The van der Waals surface area contributed by atoms with Crippen LogP contribution in [0, 0.1) is 16.0 Å². The number of nitrogens with zero attached hydrogens (tertiary/aromatic N) is 2. The van der Waals surface area contributed by atoms with Gasteiger partial charge in [0, 0.05) is 31.6 Å². The average molecular weight is 320 g/mol. The van der Waals surface area contributed by atoms with Crippen LogP contribution in [-0.2, 0) is 4.79 Å². The second-order valence-electron chi connectivity index (χ2n) is 5.70. The van der Waals surface area contributed by atoms with Crippen LogP contribution in [0.25, 0.3) is 0 Å². The smallest absolute Gasteiger partial charge is 0.293 e. The maximum atomic E-state index is 12.2. The van der Waals surface area contributed by atoms with E-state index in [4.69, 9.17) is 0 Å². The zero-order valence-electron chi connectivity index (χ0n) is 13.2. The van der Waals surface area contributed by atoms with Gasteiger partial charge in [0.25, 0.3) is 11.6 Å². The van der Waals surface area contributed by atoms with Gasteiger partial charge in [0.1, 0.15) is 5.69 Å². The summed E-state index contributed by atoms with van der Waals surface area (Å²) in [5.41, 5.74) is 0.331. The fraction of sp³-hybridized carbons (Fsp3) is 0.467. The van der Waals surface area contributed by atoms with Crippen LogP contribution in [0.15, 0.2) is 18.2 Å². The Bertz CT molecular complexity index is 624. The predicted octanol–water partition coefficient (Wildman–Crippen LogP) is 0.917. The lowest BCUT2D eigenvalue weighted by molar-refractivity contribution is -0.384. The number of carbonyl (C=O) groups is 2. The Morgan fingerprint density at radius 1 is 1.30 bits per heavy atom. The molecule has 0 aromatic heterocycles. The summed E-state index contributed by atoms with van der Waals surface area (Å²) < 4.78 is 0. The molecule has 0 bridgehead atoms. The molecule has 0 aliphatic carbocycles. The zero-order chi connectivity index (χ0) is 17.0. The fourth-order valence-corrected chi connectivity index (χ4v) is 2.56. The molecule has 2 N–H and O–H groups in total. The number of hydrogen-bond acceptors (Lipinski definition) is 6. The number of piperidine rings is 1. The van der Waals surface area contributed by atoms with Crippen molar-refractivity contribution in [2.75, 3.05) is 32.1 Å². The van der Waals surface area contributed by atoms with Crippen molar-refractivity contribution in [3.63, 3.8) is 0 Å². The molecule has 2 amide bonds. The van der Waals surface area contributed by atoms with Gasteiger partial charge < -0.3 is 10.2 Å². The Kier molecular flexibility index (Phi) is 5.28. The first-order valence-electron chi connectivity index (χ1n) is 7.42. The number of anilines is 1. The number of nitro benzene ring substituents is 1. The molecule has 1 aliphatic rings. The molecule has 23 heavy (non-hydrogen) atoms. The first-order chi connectivity index (χ1) is 10.9. The monoisotopic (exact) mass is 320 g/mol. The molecular weight excluding hydrogens is 300 g/mol. The van der Waals surface area contributed by atoms with Crippen LogP contribution in [0.5, 0.6) is 0 Å². The van der Waals surface area contributed by atoms with Crippen molar-refractivity contribution in [1.82, 2.24) is 10.6 Å². The Balaban J connectivity index is 2.14. The molecule has 0 unspecified atom stereocenters. The van der Waals surface area contributed by atoms with Gasteiger partial charge in [-0.15, -0.1) is 0 Å². The second kappa shape index (κ2) is 7.19. The molecule has 1 heterocycles. The Hall–Kier alpha value is -2.48. The van der Waals surface area contributed by atoms with E-state index in [9.17, 15) is 19.7 Å². The first kappa shape index (κ1) is 16.9. The van der Waals surface area contributed by atoms with Gasteiger partial charge in [-0.3, -0.25) is 25.0 Å². The molecule has 1 saturated heterocycles. The number of hydrogen-bond donors (Lipinski definition) is 2. The summed E-state index contributed by atoms with van der Waals surface area (Å²) in [7, 11) is 3.37. The molecule has 2 rings (SSSR count). The third kappa shape index (κ3) is 4.04. The predicted molar refractivity (Wildman–Crippen MR) is 85.5 cm³/mol. The van der Waals surface area contributed by atoms with Crippen molar-refractivity contribution in [3.8, 4) is 0 Å². The van der Waals surface area contributed by atoms with Gasteiger partial charge in [-0.1, -0.05) is 0 Å². The number of carbonyl (C=O) groups excluding carboxylic acids is 2. The van der Waals surface area contributed by atoms with E-state index in [1.165, 1.54) is 18.2 Å². The highest BCUT2D eigenvalue weighted by Crippen LogP contribution is 2.27. The molecule has 1 aromatic carbocycles. The summed E-state index contributed by atoms with van der Waals surface area (Å²) in [5.74, 6) is -1.13. The number of imide groups is 1. The lowest BCUT2D eigenvalue weighted by atomic mass is 9.97. The van der Waals surface area contributed by atoms with E-state index in [2.05, 4.69) is 10.6 Å². The van der Waals surface area contributed by atoms with E-state index in [0.717, 1.165) is 13.1 Å². The molecule has 0 radical (unpaired) electrons. The quantitative estimate of drug-likeness (QED) is 0.485. The summed E-state index contributed by atoms with van der Waals surface area (Å²) in [4.78, 5) is 36.4. The minimum absolute atomic E-state index is 0.101. The lowest BCUT2D eigenvalue weighted by Crippen LogP contribution is -2.40. The molecule has 1 aliphatic heterocycles. The first-order valence-corrected chi connectivity index (χ1v) is 7.42. The van der Waals surface area contributed by atoms with E-state index in [1.807, 2.05) is 0 Å². The summed E-state index contributed by atoms with van der Waals surface area (Å²) in [6.45, 7) is 1.49. The van der Waals surface area contributed by atoms with Crippen molar-refractivity contribution >= 4 is 23.2 Å². The van der Waals surface area contributed by atoms with E-state index in [-0.39, 0.29) is 23.1 Å². The van der Waals surface area contributed by atoms with Gasteiger partial charge in [-0.2, -0.15) is 0 Å². The molecule has 1 aromatic rings. The second-order valence-corrected chi connectivity index (χ2v) is 5.70. The standard InChI is InChI=1S/C15H20N4O4/c1-18(2)12-4-3-11(9-13(12)19(22)23)15(21)17-14(20)10-5-7-16-8-6-10/h3-4,9-10,16H,5-8H2,1-2H3,(H,17,20,21). The number of benzene rings is 1. The van der Waals surface area contributed by atoms with Crippen molar-refractivity contribution < 1.29 is 14.5 Å². The molecule has 0 spiro atoms. The van der Waals surface area contributed by atoms with E-state index < -0.39 is 10.8 Å². The lowest BCUT2D eigenvalue weighted by Gasteiger charge is -2.21. The molecule has 1 fully saturated rings. The number of amides is 2. The highest BCUT2D eigenvalue weighted by Gasteiger charge is 2.24. The Morgan fingerprint density at radius 3 is 2.52 bits per heavy atom. The molecule has 0 atom stereocenters. The van der Waals surface area contributed by atoms with Crippen molar-refractivity contribution in [2.24, 2.45) is 5.92 Å². The highest BCUT2D eigenvalue weighted by atomic mass is 16.6. The third-order valence-corrected chi connectivity index (χ3v) is 3.86. The average Bonchev–Trinajstić information content (AvgIpc) is 2.54. The molecule has 0 saturated carbocycles. The van der Waals surface area contributed by atoms with Crippen LogP contribution < -0.4 is 15.5 Å². The molecular formula is C15H20N4O4. The molecule has 8 nitrogen and oxygen atoms in total. The van der Waals surface area contributed by atoms with Gasteiger partial charge >= 0.3 is 0 Å². The fourth-order valence-electron chi connectivity index (χ4n) is 2.56. The van der Waals surface area contributed by atoms with E-state index in [0.29, 0.717) is 18.5 Å². The summed E-state index contributed by atoms with van der Waals surface area (Å²) in [6.07, 6.45) is 1.36. The van der Waals surface area contributed by atoms with E-state index >= 15 is 0 Å². The van der Waals surface area contributed by atoms with Crippen LogP contribution in [0.1, 0.15) is 23.2 Å². The minimum atomic E-state index is -0.609. The van der Waals surface area contributed by atoms with Crippen molar-refractivity contribution in [2.45, 2.75) is 12.8 Å². The maximum Gasteiger partial charge on any atom is 0.293 e. The minimum Gasteiger partial charge on any atom is -0.372 e. The third-order valence-electron chi connectivity index (χ3n) is 3.86. The summed E-state index contributed by atoms with van der Waals surface area (Å²) in [6, 6.07) is 4.18. The van der Waals surface area contributed by atoms with Crippen LogP contribution in [0.4, 0.5) is 11.4 Å². The van der Waals surface area contributed by atoms with Crippen molar-refractivity contribution in [3.05, 3.63) is 33.9 Å². The SMILES string of the molecule is CN(C)c1ccc(C(=O)NC(=O)C2CCNCC2)cc1[N+](=O)[O-]. The maximum absolute atomic E-state index is 12.2. The topological polar surface area (TPSA) is 105 Å². The molecule has 8 heteroatoms. The van der Waals surface area contributed by atoms with Crippen LogP contribution in [0.2, 0.25) is 0 Å². The Morgan fingerprint density at radius 2 is 1.96 bits per heavy atom. The Labute approximate surface area is 134 Å². The van der Waals surface area contributed by atoms with Crippen molar-refractivity contribution in [1.29, 1.82) is 0 Å². The molecule has 124 valence electrons.